The molecular weight excluding hydrogens is 248 g/mol. The molecule has 1 atom stereocenters. The smallest absolute Gasteiger partial charge is 0.119 e. The Kier molecular flexibility index (Phi) is 5.13. The minimum Gasteiger partial charge on any atom is -0.497 e. The number of nitrogens with one attached hydrogen (secondary N) is 1. The molecule has 20 heavy (non-hydrogen) atoms. The summed E-state index contributed by atoms with van der Waals surface area (Å²) in [5.41, 5.74) is 3.51. The van der Waals surface area contributed by atoms with Gasteiger partial charge in [-0.3, -0.25) is 4.98 Å². The molecule has 3 heteroatoms. The van der Waals surface area contributed by atoms with Crippen LogP contribution in [-0.4, -0.2) is 18.6 Å². The van der Waals surface area contributed by atoms with Crippen LogP contribution in [0.2, 0.25) is 0 Å². The van der Waals surface area contributed by atoms with Gasteiger partial charge in [-0.2, -0.15) is 0 Å². The van der Waals surface area contributed by atoms with E-state index in [0.29, 0.717) is 0 Å². The van der Waals surface area contributed by atoms with Crippen LogP contribution in [0.1, 0.15) is 36.2 Å². The van der Waals surface area contributed by atoms with E-state index in [1.165, 1.54) is 11.1 Å². The van der Waals surface area contributed by atoms with Gasteiger partial charge in [0.1, 0.15) is 5.75 Å². The first-order chi connectivity index (χ1) is 9.76. The van der Waals surface area contributed by atoms with Gasteiger partial charge in [-0.1, -0.05) is 19.1 Å². The van der Waals surface area contributed by atoms with Gasteiger partial charge < -0.3 is 10.1 Å². The maximum absolute atomic E-state index is 5.28. The molecule has 1 heterocycles. The second kappa shape index (κ2) is 7.06. The van der Waals surface area contributed by atoms with Crippen molar-refractivity contribution in [2.45, 2.75) is 26.3 Å². The number of aryl methyl sites for hydroxylation is 1. The van der Waals surface area contributed by atoms with Gasteiger partial charge >= 0.3 is 0 Å². The molecule has 1 aromatic heterocycles. The topological polar surface area (TPSA) is 34.2 Å². The lowest BCUT2D eigenvalue weighted by Crippen LogP contribution is -2.24. The maximum atomic E-state index is 5.28. The third-order valence-electron chi connectivity index (χ3n) is 3.37. The Morgan fingerprint density at radius 3 is 2.70 bits per heavy atom. The average Bonchev–Trinajstić information content (AvgIpc) is 2.50. The van der Waals surface area contributed by atoms with Crippen LogP contribution in [0.25, 0.3) is 0 Å². The summed E-state index contributed by atoms with van der Waals surface area (Å²) in [5.74, 6) is 0.890. The third-order valence-corrected chi connectivity index (χ3v) is 3.37. The molecule has 1 unspecified atom stereocenters. The van der Waals surface area contributed by atoms with Crippen LogP contribution in [0.15, 0.2) is 42.6 Å². The van der Waals surface area contributed by atoms with E-state index >= 15 is 0 Å². The summed E-state index contributed by atoms with van der Waals surface area (Å²) in [6, 6.07) is 12.4. The quantitative estimate of drug-likeness (QED) is 0.872. The van der Waals surface area contributed by atoms with Crippen LogP contribution in [0, 0.1) is 6.92 Å². The molecule has 106 valence electrons. The molecule has 0 amide bonds. The SMILES string of the molecule is CCCNC(c1ccccn1)c1ccc(OC)cc1C. The fourth-order valence-corrected chi connectivity index (χ4v) is 2.31. The fourth-order valence-electron chi connectivity index (χ4n) is 2.31. The fraction of sp³-hybridized carbons (Fsp3) is 0.353. The van der Waals surface area contributed by atoms with E-state index in [4.69, 9.17) is 4.74 Å². The molecule has 1 N–H and O–H groups in total. The van der Waals surface area contributed by atoms with Crippen LogP contribution in [0.4, 0.5) is 0 Å². The highest BCUT2D eigenvalue weighted by Gasteiger charge is 2.16. The number of aromatic nitrogens is 1. The van der Waals surface area contributed by atoms with Gasteiger partial charge in [-0.05, 0) is 55.3 Å². The molecule has 2 aromatic rings. The van der Waals surface area contributed by atoms with Crippen molar-refractivity contribution in [1.82, 2.24) is 10.3 Å². The van der Waals surface area contributed by atoms with E-state index in [2.05, 4.69) is 42.3 Å². The molecule has 1 aromatic carbocycles. The number of rotatable bonds is 6. The molecule has 3 nitrogen and oxygen atoms in total. The molecule has 0 aliphatic heterocycles. The van der Waals surface area contributed by atoms with Gasteiger partial charge in [0, 0.05) is 6.20 Å². The Labute approximate surface area is 121 Å². The number of nitrogens with zero attached hydrogens (tertiary/aromatic N) is 1. The highest BCUT2D eigenvalue weighted by Crippen LogP contribution is 2.26. The average molecular weight is 270 g/mol. The lowest BCUT2D eigenvalue weighted by molar-refractivity contribution is 0.414. The van der Waals surface area contributed by atoms with Crippen LogP contribution >= 0.6 is 0 Å². The lowest BCUT2D eigenvalue weighted by atomic mass is 9.98. The minimum absolute atomic E-state index is 0.127. The van der Waals surface area contributed by atoms with Gasteiger partial charge in [0.05, 0.1) is 18.8 Å². The molecule has 2 rings (SSSR count). The second-order valence-corrected chi connectivity index (χ2v) is 4.86. The van der Waals surface area contributed by atoms with Gasteiger partial charge in [0.25, 0.3) is 0 Å². The maximum Gasteiger partial charge on any atom is 0.119 e. The standard InChI is InChI=1S/C17H22N2O/c1-4-10-19-17(16-7-5-6-11-18-16)15-9-8-14(20-3)12-13(15)2/h5-9,11-12,17,19H,4,10H2,1-3H3. The van der Waals surface area contributed by atoms with Crippen LogP contribution < -0.4 is 10.1 Å². The lowest BCUT2D eigenvalue weighted by Gasteiger charge is -2.21. The van der Waals surface area contributed by atoms with Gasteiger partial charge in [-0.15, -0.1) is 0 Å². The molecule has 0 fully saturated rings. The molecule has 0 aliphatic carbocycles. The molecule has 0 saturated heterocycles. The van der Waals surface area contributed by atoms with Gasteiger partial charge in [-0.25, -0.2) is 0 Å². The van der Waals surface area contributed by atoms with Crippen LogP contribution in [-0.2, 0) is 0 Å². The predicted octanol–water partition coefficient (Wildman–Crippen LogP) is 3.49. The third kappa shape index (κ3) is 3.36. The summed E-state index contributed by atoms with van der Waals surface area (Å²) in [7, 11) is 1.69. The monoisotopic (exact) mass is 270 g/mol. The molecule has 0 radical (unpaired) electrons. The zero-order valence-electron chi connectivity index (χ0n) is 12.4. The highest BCUT2D eigenvalue weighted by molar-refractivity contribution is 5.39. The summed E-state index contributed by atoms with van der Waals surface area (Å²) in [4.78, 5) is 4.50. The van der Waals surface area contributed by atoms with E-state index in [1.54, 1.807) is 7.11 Å². The minimum atomic E-state index is 0.127. The van der Waals surface area contributed by atoms with Gasteiger partial charge in [0.2, 0.25) is 0 Å². The zero-order valence-corrected chi connectivity index (χ0v) is 12.4. The first-order valence-electron chi connectivity index (χ1n) is 7.05. The highest BCUT2D eigenvalue weighted by atomic mass is 16.5. The van der Waals surface area contributed by atoms with Gasteiger partial charge in [0.15, 0.2) is 0 Å². The number of hydrogen-bond donors (Lipinski definition) is 1. The number of benzene rings is 1. The molecular formula is C17H22N2O. The van der Waals surface area contributed by atoms with Crippen molar-refractivity contribution >= 4 is 0 Å². The molecule has 0 saturated carbocycles. The number of hydrogen-bond acceptors (Lipinski definition) is 3. The summed E-state index contributed by atoms with van der Waals surface area (Å²) >= 11 is 0. The molecule has 0 aliphatic rings. The van der Waals surface area contributed by atoms with E-state index < -0.39 is 0 Å². The van der Waals surface area contributed by atoms with Crippen LogP contribution in [0.5, 0.6) is 5.75 Å². The summed E-state index contributed by atoms with van der Waals surface area (Å²) in [6.07, 6.45) is 2.94. The zero-order chi connectivity index (χ0) is 14.4. The van der Waals surface area contributed by atoms with Crippen molar-refractivity contribution < 1.29 is 4.74 Å². The predicted molar refractivity (Wildman–Crippen MR) is 82.1 cm³/mol. The summed E-state index contributed by atoms with van der Waals surface area (Å²) in [6.45, 7) is 5.25. The normalized spacial score (nSPS) is 12.2. The van der Waals surface area contributed by atoms with E-state index in [1.807, 2.05) is 24.4 Å². The largest absolute Gasteiger partial charge is 0.497 e. The Balaban J connectivity index is 2.36. The van der Waals surface area contributed by atoms with E-state index in [9.17, 15) is 0 Å². The van der Waals surface area contributed by atoms with Crippen molar-refractivity contribution in [2.24, 2.45) is 0 Å². The Hall–Kier alpha value is -1.87. The van der Waals surface area contributed by atoms with Crippen molar-refractivity contribution in [3.05, 3.63) is 59.4 Å². The van der Waals surface area contributed by atoms with E-state index in [-0.39, 0.29) is 6.04 Å². The molecule has 0 spiro atoms. The Morgan fingerprint density at radius 2 is 2.10 bits per heavy atom. The number of methoxy groups -OCH3 is 1. The van der Waals surface area contributed by atoms with Crippen molar-refractivity contribution in [3.8, 4) is 5.75 Å². The van der Waals surface area contributed by atoms with Crippen molar-refractivity contribution in [3.63, 3.8) is 0 Å². The first-order valence-corrected chi connectivity index (χ1v) is 7.05. The molecule has 0 bridgehead atoms. The summed E-state index contributed by atoms with van der Waals surface area (Å²) in [5, 5.41) is 3.58. The number of pyridine rings is 1. The van der Waals surface area contributed by atoms with Crippen molar-refractivity contribution in [2.75, 3.05) is 13.7 Å². The van der Waals surface area contributed by atoms with E-state index in [0.717, 1.165) is 24.4 Å². The Morgan fingerprint density at radius 1 is 1.25 bits per heavy atom. The summed E-state index contributed by atoms with van der Waals surface area (Å²) < 4.78 is 5.28. The first kappa shape index (κ1) is 14.5. The van der Waals surface area contributed by atoms with Crippen molar-refractivity contribution in [1.29, 1.82) is 0 Å². The van der Waals surface area contributed by atoms with Crippen LogP contribution in [0.3, 0.4) is 0 Å². The Bertz CT molecular complexity index is 540. The number of ether oxygens (including phenoxy) is 1. The second-order valence-electron chi connectivity index (χ2n) is 4.86.